The highest BCUT2D eigenvalue weighted by atomic mass is 32.2. The highest BCUT2D eigenvalue weighted by molar-refractivity contribution is 8.00. The number of carbonyl (C=O) groups excluding carboxylic acids is 2. The molecule has 0 fully saturated rings. The number of thioether (sulfide) groups is 1. The highest BCUT2D eigenvalue weighted by Gasteiger charge is 2.15. The lowest BCUT2D eigenvalue weighted by atomic mass is 10.2. The van der Waals surface area contributed by atoms with E-state index in [1.54, 1.807) is 11.3 Å². The quantitative estimate of drug-likeness (QED) is 0.500. The molecular weight excluding hydrogens is 380 g/mol. The number of benzene rings is 1. The second-order valence-corrected chi connectivity index (χ2v) is 8.23. The maximum atomic E-state index is 12.0. The van der Waals surface area contributed by atoms with Crippen LogP contribution in [-0.4, -0.2) is 33.7 Å². The Labute approximate surface area is 165 Å². The van der Waals surface area contributed by atoms with Crippen molar-refractivity contribution in [1.82, 2.24) is 20.6 Å². The van der Waals surface area contributed by atoms with Crippen molar-refractivity contribution in [2.24, 2.45) is 0 Å². The first-order valence-corrected chi connectivity index (χ1v) is 10.3. The summed E-state index contributed by atoms with van der Waals surface area (Å²) in [5.41, 5.74) is 1.12. The van der Waals surface area contributed by atoms with Crippen LogP contribution in [0.3, 0.4) is 0 Å². The molecule has 0 saturated heterocycles. The summed E-state index contributed by atoms with van der Waals surface area (Å²) >= 11 is 2.91. The largest absolute Gasteiger partial charge is 0.336 e. The lowest BCUT2D eigenvalue weighted by molar-refractivity contribution is -0.117. The van der Waals surface area contributed by atoms with Crippen LogP contribution in [-0.2, 0) is 4.79 Å². The predicted octanol–water partition coefficient (Wildman–Crippen LogP) is 3.99. The van der Waals surface area contributed by atoms with Gasteiger partial charge >= 0.3 is 6.03 Å². The molecule has 0 unspecified atom stereocenters. The second kappa shape index (κ2) is 8.49. The smallest absolute Gasteiger partial charge is 0.321 e. The number of aryl methyl sites for hydroxylation is 1. The van der Waals surface area contributed by atoms with Gasteiger partial charge in [-0.15, -0.1) is 11.3 Å². The van der Waals surface area contributed by atoms with Gasteiger partial charge in [0.15, 0.2) is 0 Å². The number of nitrogens with zero attached hydrogens (tertiary/aromatic N) is 2. The number of hydrogen-bond donors (Lipinski definition) is 2. The second-order valence-electron chi connectivity index (χ2n) is 6.24. The summed E-state index contributed by atoms with van der Waals surface area (Å²) in [6.45, 7) is 5.50. The van der Waals surface area contributed by atoms with Crippen molar-refractivity contribution in [2.45, 2.75) is 31.8 Å². The van der Waals surface area contributed by atoms with Crippen LogP contribution < -0.4 is 10.6 Å². The molecule has 3 aromatic rings. The van der Waals surface area contributed by atoms with Crippen LogP contribution >= 0.6 is 23.1 Å². The molecular formula is C19H20N4O2S2. The monoisotopic (exact) mass is 400 g/mol. The minimum atomic E-state index is -0.485. The van der Waals surface area contributed by atoms with Crippen molar-refractivity contribution in [2.75, 3.05) is 5.75 Å². The molecule has 140 valence electrons. The Hall–Kier alpha value is -2.45. The molecule has 0 aliphatic carbocycles. The molecule has 1 aromatic carbocycles. The minimum absolute atomic E-state index is 0.0307. The maximum absolute atomic E-state index is 12.0. The molecule has 0 radical (unpaired) electrons. The molecule has 0 saturated carbocycles. The highest BCUT2D eigenvalue weighted by Crippen LogP contribution is 2.36. The summed E-state index contributed by atoms with van der Waals surface area (Å²) in [5.74, 6) is 0.402. The van der Waals surface area contributed by atoms with E-state index in [9.17, 15) is 9.59 Å². The van der Waals surface area contributed by atoms with Gasteiger partial charge in [-0.1, -0.05) is 42.1 Å². The average Bonchev–Trinajstić information content (AvgIpc) is 3.03. The number of nitrogens with one attached hydrogen (secondary N) is 2. The third-order valence-corrected chi connectivity index (χ3v) is 5.61. The molecule has 0 spiro atoms. The molecule has 0 bridgehead atoms. The van der Waals surface area contributed by atoms with Crippen LogP contribution in [0.25, 0.3) is 20.7 Å². The van der Waals surface area contributed by atoms with Gasteiger partial charge in [0.1, 0.15) is 15.7 Å². The SMILES string of the molecule is Cc1nc(SCC(=O)NC(=O)NC(C)C)c2cc(-c3ccccc3)sc2n1. The van der Waals surface area contributed by atoms with Gasteiger partial charge in [0, 0.05) is 16.3 Å². The summed E-state index contributed by atoms with van der Waals surface area (Å²) in [6.07, 6.45) is 0. The number of amides is 3. The molecule has 2 N–H and O–H groups in total. The number of urea groups is 1. The minimum Gasteiger partial charge on any atom is -0.336 e. The molecule has 2 heterocycles. The van der Waals surface area contributed by atoms with E-state index in [4.69, 9.17) is 0 Å². The molecule has 2 aromatic heterocycles. The van der Waals surface area contributed by atoms with Gasteiger partial charge in [-0.25, -0.2) is 14.8 Å². The number of hydrogen-bond acceptors (Lipinski definition) is 6. The Kier molecular flexibility index (Phi) is 6.08. The van der Waals surface area contributed by atoms with E-state index in [0.29, 0.717) is 5.82 Å². The number of thiophene rings is 1. The van der Waals surface area contributed by atoms with Crippen LogP contribution in [0.2, 0.25) is 0 Å². The van der Waals surface area contributed by atoms with Crippen molar-refractivity contribution >= 4 is 45.3 Å². The van der Waals surface area contributed by atoms with Gasteiger partial charge in [-0.2, -0.15) is 0 Å². The number of aromatic nitrogens is 2. The summed E-state index contributed by atoms with van der Waals surface area (Å²) in [5, 5.41) is 6.62. The molecule has 0 atom stereocenters. The van der Waals surface area contributed by atoms with E-state index in [2.05, 4.69) is 38.8 Å². The average molecular weight is 401 g/mol. The Morgan fingerprint density at radius 3 is 2.63 bits per heavy atom. The lowest BCUT2D eigenvalue weighted by Crippen LogP contribution is -2.43. The van der Waals surface area contributed by atoms with E-state index >= 15 is 0 Å². The molecule has 0 aliphatic heterocycles. The number of fused-ring (bicyclic) bond motifs is 1. The van der Waals surface area contributed by atoms with Crippen molar-refractivity contribution in [3.63, 3.8) is 0 Å². The molecule has 8 heteroatoms. The fourth-order valence-electron chi connectivity index (χ4n) is 2.45. The van der Waals surface area contributed by atoms with Gasteiger partial charge in [0.25, 0.3) is 0 Å². The van der Waals surface area contributed by atoms with Gasteiger partial charge in [0.2, 0.25) is 5.91 Å². The van der Waals surface area contributed by atoms with Gasteiger partial charge in [0.05, 0.1) is 5.75 Å². The molecule has 3 rings (SSSR count). The van der Waals surface area contributed by atoms with Crippen LogP contribution in [0.15, 0.2) is 41.4 Å². The summed E-state index contributed by atoms with van der Waals surface area (Å²) in [6, 6.07) is 11.6. The third kappa shape index (κ3) is 5.05. The first kappa shape index (κ1) is 19.3. The van der Waals surface area contributed by atoms with Crippen molar-refractivity contribution in [3.05, 3.63) is 42.2 Å². The van der Waals surface area contributed by atoms with Crippen LogP contribution in [0.5, 0.6) is 0 Å². The Morgan fingerprint density at radius 1 is 1.19 bits per heavy atom. The Balaban J connectivity index is 1.77. The van der Waals surface area contributed by atoms with Crippen LogP contribution in [0.4, 0.5) is 4.79 Å². The number of carbonyl (C=O) groups is 2. The van der Waals surface area contributed by atoms with E-state index < -0.39 is 6.03 Å². The van der Waals surface area contributed by atoms with Crippen molar-refractivity contribution in [3.8, 4) is 10.4 Å². The summed E-state index contributed by atoms with van der Waals surface area (Å²) in [7, 11) is 0. The van der Waals surface area contributed by atoms with E-state index in [1.807, 2.05) is 39.0 Å². The number of imide groups is 1. The van der Waals surface area contributed by atoms with Crippen molar-refractivity contribution in [1.29, 1.82) is 0 Å². The first-order valence-electron chi connectivity index (χ1n) is 8.49. The molecule has 3 amide bonds. The van der Waals surface area contributed by atoms with Crippen LogP contribution in [0, 0.1) is 6.92 Å². The molecule has 27 heavy (non-hydrogen) atoms. The lowest BCUT2D eigenvalue weighted by Gasteiger charge is -2.09. The standard InChI is InChI=1S/C19H20N4O2S2/c1-11(2)20-19(25)23-16(24)10-26-17-14-9-15(13-7-5-4-6-8-13)27-18(14)22-12(3)21-17/h4-9,11H,10H2,1-3H3,(H2,20,23,24,25). The third-order valence-electron chi connectivity index (χ3n) is 3.54. The zero-order chi connectivity index (χ0) is 19.4. The Morgan fingerprint density at radius 2 is 1.93 bits per heavy atom. The van der Waals surface area contributed by atoms with Crippen LogP contribution in [0.1, 0.15) is 19.7 Å². The molecule has 6 nitrogen and oxygen atoms in total. The number of rotatable bonds is 5. The van der Waals surface area contributed by atoms with Gasteiger partial charge in [-0.05, 0) is 32.4 Å². The van der Waals surface area contributed by atoms with E-state index in [1.165, 1.54) is 11.8 Å². The predicted molar refractivity (Wildman–Crippen MR) is 110 cm³/mol. The normalized spacial score (nSPS) is 11.0. The fraction of sp³-hybridized carbons (Fsp3) is 0.263. The first-order chi connectivity index (χ1) is 12.9. The summed E-state index contributed by atoms with van der Waals surface area (Å²) in [4.78, 5) is 34.6. The fourth-order valence-corrected chi connectivity index (χ4v) is 4.44. The Bertz CT molecular complexity index is 971. The topological polar surface area (TPSA) is 84.0 Å². The van der Waals surface area contributed by atoms with E-state index in [0.717, 1.165) is 25.7 Å². The van der Waals surface area contributed by atoms with E-state index in [-0.39, 0.29) is 17.7 Å². The maximum Gasteiger partial charge on any atom is 0.321 e. The summed E-state index contributed by atoms with van der Waals surface area (Å²) < 4.78 is 0. The zero-order valence-corrected chi connectivity index (χ0v) is 16.9. The van der Waals surface area contributed by atoms with Gasteiger partial charge in [-0.3, -0.25) is 10.1 Å². The van der Waals surface area contributed by atoms with Gasteiger partial charge < -0.3 is 5.32 Å². The zero-order valence-electron chi connectivity index (χ0n) is 15.3. The van der Waals surface area contributed by atoms with Crippen molar-refractivity contribution < 1.29 is 9.59 Å². The molecule has 0 aliphatic rings.